The van der Waals surface area contributed by atoms with Crippen molar-refractivity contribution in [2.45, 2.75) is 19.4 Å². The van der Waals surface area contributed by atoms with Crippen LogP contribution in [0.25, 0.3) is 0 Å². The van der Waals surface area contributed by atoms with E-state index in [0.29, 0.717) is 18.7 Å². The van der Waals surface area contributed by atoms with Gasteiger partial charge in [-0.1, -0.05) is 18.2 Å². The number of nitrogens with one attached hydrogen (secondary N) is 1. The van der Waals surface area contributed by atoms with E-state index < -0.39 is 11.9 Å². The number of aromatic nitrogens is 1. The molecule has 1 aliphatic heterocycles. The highest BCUT2D eigenvalue weighted by Gasteiger charge is 2.21. The Kier molecular flexibility index (Phi) is 5.48. The van der Waals surface area contributed by atoms with Gasteiger partial charge in [-0.25, -0.2) is 9.18 Å². The van der Waals surface area contributed by atoms with E-state index in [0.717, 1.165) is 19.5 Å². The molecule has 1 N–H and O–H groups in total. The van der Waals surface area contributed by atoms with Crippen molar-refractivity contribution in [3.63, 3.8) is 0 Å². The van der Waals surface area contributed by atoms with Crippen LogP contribution in [-0.4, -0.2) is 42.1 Å². The molecule has 25 heavy (non-hydrogen) atoms. The molecule has 2 heterocycles. The van der Waals surface area contributed by atoms with Crippen molar-refractivity contribution in [3.8, 4) is 0 Å². The average molecular weight is 342 g/mol. The van der Waals surface area contributed by atoms with E-state index in [9.17, 15) is 9.18 Å². The van der Waals surface area contributed by atoms with Gasteiger partial charge in [-0.2, -0.15) is 0 Å². The van der Waals surface area contributed by atoms with Crippen LogP contribution in [0.4, 0.5) is 14.9 Å². The van der Waals surface area contributed by atoms with E-state index in [-0.39, 0.29) is 6.03 Å². The third kappa shape index (κ3) is 4.26. The summed E-state index contributed by atoms with van der Waals surface area (Å²) in [5, 5.41) is 2.89. The van der Waals surface area contributed by atoms with Crippen LogP contribution >= 0.6 is 0 Å². The highest BCUT2D eigenvalue weighted by molar-refractivity contribution is 5.74. The normalized spacial score (nSPS) is 16.2. The van der Waals surface area contributed by atoms with Crippen molar-refractivity contribution in [3.05, 3.63) is 60.2 Å². The zero-order valence-electron chi connectivity index (χ0n) is 14.4. The van der Waals surface area contributed by atoms with Gasteiger partial charge in [0.25, 0.3) is 0 Å². The molecule has 2 aromatic rings. The summed E-state index contributed by atoms with van der Waals surface area (Å²) in [7, 11) is 0. The van der Waals surface area contributed by atoms with Crippen molar-refractivity contribution < 1.29 is 9.18 Å². The van der Waals surface area contributed by atoms with Crippen molar-refractivity contribution in [1.82, 2.24) is 15.2 Å². The van der Waals surface area contributed by atoms with Crippen LogP contribution in [0.2, 0.25) is 0 Å². The van der Waals surface area contributed by atoms with Gasteiger partial charge in [0.05, 0.1) is 12.2 Å². The summed E-state index contributed by atoms with van der Waals surface area (Å²) in [6.07, 6.45) is 3.60. The van der Waals surface area contributed by atoms with Gasteiger partial charge in [0, 0.05) is 43.6 Å². The lowest BCUT2D eigenvalue weighted by Crippen LogP contribution is -2.43. The summed E-state index contributed by atoms with van der Waals surface area (Å²) < 4.78 is 13.8. The molecular formula is C19H23FN4O. The van der Waals surface area contributed by atoms with E-state index in [2.05, 4.69) is 27.3 Å². The Morgan fingerprint density at radius 1 is 1.16 bits per heavy atom. The molecule has 0 saturated carbocycles. The van der Waals surface area contributed by atoms with Gasteiger partial charge in [-0.3, -0.25) is 4.98 Å². The number of nitrogens with zero attached hydrogens (tertiary/aromatic N) is 3. The van der Waals surface area contributed by atoms with E-state index in [1.165, 1.54) is 18.1 Å². The fourth-order valence-corrected chi connectivity index (χ4v) is 3.11. The first-order valence-electron chi connectivity index (χ1n) is 8.60. The van der Waals surface area contributed by atoms with Gasteiger partial charge in [-0.15, -0.1) is 0 Å². The van der Waals surface area contributed by atoms with Crippen LogP contribution in [0.15, 0.2) is 48.8 Å². The van der Waals surface area contributed by atoms with Gasteiger partial charge >= 0.3 is 6.03 Å². The van der Waals surface area contributed by atoms with Crippen LogP contribution in [0.5, 0.6) is 0 Å². The largest absolute Gasteiger partial charge is 0.370 e. The number of benzene rings is 1. The maximum atomic E-state index is 13.8. The minimum absolute atomic E-state index is 0.154. The predicted molar refractivity (Wildman–Crippen MR) is 96.0 cm³/mol. The van der Waals surface area contributed by atoms with Crippen molar-refractivity contribution in [1.29, 1.82) is 0 Å². The Balaban J connectivity index is 1.59. The first kappa shape index (κ1) is 17.2. The number of halogens is 1. The molecule has 1 atom stereocenters. The molecule has 5 nitrogen and oxygen atoms in total. The quantitative estimate of drug-likeness (QED) is 0.932. The molecule has 1 saturated heterocycles. The lowest BCUT2D eigenvalue weighted by atomic mass is 10.1. The number of amides is 2. The summed E-state index contributed by atoms with van der Waals surface area (Å²) in [6.45, 7) is 4.83. The number of rotatable bonds is 3. The van der Waals surface area contributed by atoms with Gasteiger partial charge < -0.3 is 15.1 Å². The fraction of sp³-hybridized carbons (Fsp3) is 0.368. The molecule has 1 aromatic heterocycles. The van der Waals surface area contributed by atoms with Crippen LogP contribution < -0.4 is 10.2 Å². The second-order valence-corrected chi connectivity index (χ2v) is 6.23. The summed E-state index contributed by atoms with van der Waals surface area (Å²) >= 11 is 0. The number of carbonyl (C=O) groups excluding carboxylic acids is 1. The van der Waals surface area contributed by atoms with Gasteiger partial charge in [0.1, 0.15) is 5.82 Å². The topological polar surface area (TPSA) is 48.5 Å². The summed E-state index contributed by atoms with van der Waals surface area (Å²) in [5.74, 6) is -0.401. The lowest BCUT2D eigenvalue weighted by Gasteiger charge is -2.25. The molecule has 0 radical (unpaired) electrons. The molecule has 1 aliphatic rings. The van der Waals surface area contributed by atoms with E-state index in [1.807, 2.05) is 18.2 Å². The summed E-state index contributed by atoms with van der Waals surface area (Å²) in [6, 6.07) is 11.3. The number of pyridine rings is 1. The third-order valence-corrected chi connectivity index (χ3v) is 4.51. The molecule has 0 spiro atoms. The molecule has 132 valence electrons. The van der Waals surface area contributed by atoms with Crippen LogP contribution in [-0.2, 0) is 0 Å². The molecule has 3 rings (SSSR count). The van der Waals surface area contributed by atoms with Gasteiger partial charge in [0.15, 0.2) is 0 Å². The average Bonchev–Trinajstić information content (AvgIpc) is 2.89. The van der Waals surface area contributed by atoms with Gasteiger partial charge in [0.2, 0.25) is 0 Å². The van der Waals surface area contributed by atoms with Crippen LogP contribution in [0, 0.1) is 5.82 Å². The molecule has 0 aliphatic carbocycles. The number of anilines is 1. The van der Waals surface area contributed by atoms with E-state index in [1.54, 1.807) is 17.9 Å². The molecule has 0 unspecified atom stereocenters. The predicted octanol–water partition coefficient (Wildman–Crippen LogP) is 3.20. The highest BCUT2D eigenvalue weighted by Crippen LogP contribution is 2.18. The molecule has 2 amide bonds. The number of urea groups is 1. The monoisotopic (exact) mass is 342 g/mol. The first-order chi connectivity index (χ1) is 12.1. The highest BCUT2D eigenvalue weighted by atomic mass is 19.1. The van der Waals surface area contributed by atoms with E-state index >= 15 is 0 Å². The zero-order valence-corrected chi connectivity index (χ0v) is 14.4. The van der Waals surface area contributed by atoms with Crippen LogP contribution in [0.1, 0.15) is 24.9 Å². The summed E-state index contributed by atoms with van der Waals surface area (Å²) in [4.78, 5) is 20.4. The second kappa shape index (κ2) is 7.96. The molecular weight excluding hydrogens is 319 g/mol. The second-order valence-electron chi connectivity index (χ2n) is 6.23. The smallest absolute Gasteiger partial charge is 0.317 e. The number of para-hydroxylation sites is 1. The minimum atomic E-state index is -0.401. The number of hydrogen-bond donors (Lipinski definition) is 1. The standard InChI is InChI=1S/C19H23FN4O/c1-15(17-8-9-21-14-18(17)20)22-19(25)24-11-5-10-23(12-13-24)16-6-3-2-4-7-16/h2-4,6-9,14-15H,5,10-13H2,1H3,(H,22,25)/t15-/m1/s1. The molecule has 1 aromatic carbocycles. The first-order valence-corrected chi connectivity index (χ1v) is 8.60. The maximum Gasteiger partial charge on any atom is 0.317 e. The molecule has 0 bridgehead atoms. The Morgan fingerprint density at radius 2 is 1.96 bits per heavy atom. The van der Waals surface area contributed by atoms with Gasteiger partial charge in [-0.05, 0) is 31.5 Å². The Labute approximate surface area is 147 Å². The van der Waals surface area contributed by atoms with Crippen molar-refractivity contribution in [2.24, 2.45) is 0 Å². The van der Waals surface area contributed by atoms with Crippen molar-refractivity contribution in [2.75, 3.05) is 31.1 Å². The fourth-order valence-electron chi connectivity index (χ4n) is 3.11. The Hall–Kier alpha value is -2.63. The van der Waals surface area contributed by atoms with Crippen LogP contribution in [0.3, 0.4) is 0 Å². The SMILES string of the molecule is C[C@@H](NC(=O)N1CCCN(c2ccccc2)CC1)c1ccncc1F. The number of carbonyl (C=O) groups is 1. The molecule has 6 heteroatoms. The number of hydrogen-bond acceptors (Lipinski definition) is 3. The third-order valence-electron chi connectivity index (χ3n) is 4.51. The Bertz CT molecular complexity index is 710. The lowest BCUT2D eigenvalue weighted by molar-refractivity contribution is 0.198. The summed E-state index contributed by atoms with van der Waals surface area (Å²) in [5.41, 5.74) is 1.63. The minimum Gasteiger partial charge on any atom is -0.370 e. The van der Waals surface area contributed by atoms with Crippen molar-refractivity contribution >= 4 is 11.7 Å². The maximum absolute atomic E-state index is 13.8. The molecule has 1 fully saturated rings. The Morgan fingerprint density at radius 3 is 2.72 bits per heavy atom. The zero-order chi connectivity index (χ0) is 17.6. The van der Waals surface area contributed by atoms with E-state index in [4.69, 9.17) is 0 Å².